The molecule has 2 aromatic rings. The van der Waals surface area contributed by atoms with Gasteiger partial charge in [0.25, 0.3) is 0 Å². The summed E-state index contributed by atoms with van der Waals surface area (Å²) in [5, 5.41) is 3.31. The summed E-state index contributed by atoms with van der Waals surface area (Å²) in [5.74, 6) is 0.948. The lowest BCUT2D eigenvalue weighted by molar-refractivity contribution is -0.133. The highest BCUT2D eigenvalue weighted by Gasteiger charge is 2.42. The number of carbonyl (C=O) groups excluding carboxylic acids is 1. The topological polar surface area (TPSA) is 76.6 Å². The van der Waals surface area contributed by atoms with E-state index < -0.39 is 9.84 Å². The van der Waals surface area contributed by atoms with Crippen LogP contribution in [0.4, 0.5) is 0 Å². The van der Waals surface area contributed by atoms with Gasteiger partial charge in [0.1, 0.15) is 17.4 Å². The Balaban J connectivity index is 1.36. The highest BCUT2D eigenvalue weighted by molar-refractivity contribution is 7.91. The molecular formula is C19H21ClN2O4S2. The van der Waals surface area contributed by atoms with Crippen LogP contribution in [0.1, 0.15) is 30.0 Å². The van der Waals surface area contributed by atoms with E-state index in [1.54, 1.807) is 24.3 Å². The molecule has 0 N–H and O–H groups in total. The maximum absolute atomic E-state index is 12.9. The summed E-state index contributed by atoms with van der Waals surface area (Å²) < 4.78 is 29.3. The van der Waals surface area contributed by atoms with Crippen LogP contribution in [0.3, 0.4) is 0 Å². The van der Waals surface area contributed by atoms with Crippen LogP contribution < -0.4 is 4.74 Å². The van der Waals surface area contributed by atoms with Crippen molar-refractivity contribution in [1.29, 1.82) is 0 Å². The smallest absolute Gasteiger partial charge is 0.229 e. The van der Waals surface area contributed by atoms with E-state index in [2.05, 4.69) is 4.98 Å². The van der Waals surface area contributed by atoms with Crippen LogP contribution in [0.15, 0.2) is 29.6 Å². The second-order valence-corrected chi connectivity index (χ2v) is 10.8. The predicted octanol–water partition coefficient (Wildman–Crippen LogP) is 3.10. The lowest BCUT2D eigenvalue weighted by Gasteiger charge is -2.28. The van der Waals surface area contributed by atoms with Gasteiger partial charge in [-0.1, -0.05) is 11.6 Å². The van der Waals surface area contributed by atoms with Gasteiger partial charge in [0, 0.05) is 22.5 Å². The number of nitrogens with zero attached hydrogens (tertiary/aromatic N) is 2. The molecule has 6 nitrogen and oxygen atoms in total. The van der Waals surface area contributed by atoms with Crippen molar-refractivity contribution < 1.29 is 17.9 Å². The van der Waals surface area contributed by atoms with Gasteiger partial charge in [-0.3, -0.25) is 4.79 Å². The Labute approximate surface area is 173 Å². The first-order valence-electron chi connectivity index (χ1n) is 9.23. The second-order valence-electron chi connectivity index (χ2n) is 7.24. The molecular weight excluding hydrogens is 420 g/mol. The van der Waals surface area contributed by atoms with Crippen molar-refractivity contribution in [2.75, 3.05) is 11.5 Å². The molecule has 1 aromatic carbocycles. The van der Waals surface area contributed by atoms with Crippen LogP contribution in [0.25, 0.3) is 0 Å². The Bertz CT molecular complexity index is 955. The molecule has 2 fully saturated rings. The van der Waals surface area contributed by atoms with Crippen molar-refractivity contribution in [2.24, 2.45) is 0 Å². The van der Waals surface area contributed by atoms with Crippen molar-refractivity contribution >= 4 is 38.7 Å². The van der Waals surface area contributed by atoms with Crippen molar-refractivity contribution in [3.05, 3.63) is 45.4 Å². The van der Waals surface area contributed by atoms with E-state index in [0.717, 1.165) is 17.8 Å². The summed E-state index contributed by atoms with van der Waals surface area (Å²) in [6.45, 7) is 0.327. The molecule has 0 radical (unpaired) electrons. The Morgan fingerprint density at radius 2 is 1.96 bits per heavy atom. The molecule has 1 saturated carbocycles. The van der Waals surface area contributed by atoms with Gasteiger partial charge in [0.05, 0.1) is 23.6 Å². The number of benzene rings is 1. The zero-order valence-corrected chi connectivity index (χ0v) is 17.6. The number of carbonyl (C=O) groups is 1. The van der Waals surface area contributed by atoms with Crippen LogP contribution in [-0.2, 0) is 27.7 Å². The van der Waals surface area contributed by atoms with E-state index in [-0.39, 0.29) is 35.9 Å². The molecule has 0 bridgehead atoms. The minimum absolute atomic E-state index is 0.0277. The largest absolute Gasteiger partial charge is 0.486 e. The highest BCUT2D eigenvalue weighted by Crippen LogP contribution is 2.33. The third kappa shape index (κ3) is 4.85. The first kappa shape index (κ1) is 19.7. The first-order chi connectivity index (χ1) is 13.4. The van der Waals surface area contributed by atoms with Crippen LogP contribution in [-0.4, -0.2) is 47.8 Å². The molecule has 1 unspecified atom stereocenters. The molecule has 1 aromatic heterocycles. The number of amides is 1. The molecule has 150 valence electrons. The van der Waals surface area contributed by atoms with Gasteiger partial charge >= 0.3 is 0 Å². The minimum atomic E-state index is -3.02. The Morgan fingerprint density at radius 3 is 2.61 bits per heavy atom. The van der Waals surface area contributed by atoms with Crippen LogP contribution in [0, 0.1) is 0 Å². The van der Waals surface area contributed by atoms with E-state index >= 15 is 0 Å². The van der Waals surface area contributed by atoms with E-state index in [0.29, 0.717) is 29.5 Å². The standard InChI is InChI=1S/C19H21ClN2O4S2/c20-13-1-5-17(6-2-13)26-10-18-21-14(11-27-18)9-19(23)22(15-3-4-15)16-7-8-28(24,25)12-16/h1-2,5-6,11,15-16H,3-4,7-10,12H2. The maximum atomic E-state index is 12.9. The van der Waals surface area contributed by atoms with Crippen molar-refractivity contribution in [2.45, 2.75) is 44.4 Å². The number of hydrogen-bond acceptors (Lipinski definition) is 6. The zero-order chi connectivity index (χ0) is 19.7. The van der Waals surface area contributed by atoms with E-state index in [1.165, 1.54) is 11.3 Å². The lowest BCUT2D eigenvalue weighted by atomic mass is 10.2. The molecule has 2 aliphatic rings. The van der Waals surface area contributed by atoms with Crippen molar-refractivity contribution in [1.82, 2.24) is 9.88 Å². The number of sulfone groups is 1. The zero-order valence-electron chi connectivity index (χ0n) is 15.2. The summed E-state index contributed by atoms with van der Waals surface area (Å²) in [6, 6.07) is 7.12. The maximum Gasteiger partial charge on any atom is 0.229 e. The van der Waals surface area contributed by atoms with Gasteiger partial charge in [0.15, 0.2) is 9.84 Å². The normalized spacial score (nSPS) is 20.8. The van der Waals surface area contributed by atoms with E-state index in [1.807, 2.05) is 10.3 Å². The van der Waals surface area contributed by atoms with Gasteiger partial charge in [0.2, 0.25) is 5.91 Å². The molecule has 9 heteroatoms. The summed E-state index contributed by atoms with van der Waals surface area (Å²) in [7, 11) is -3.02. The van der Waals surface area contributed by atoms with Crippen LogP contribution in [0.2, 0.25) is 5.02 Å². The van der Waals surface area contributed by atoms with Crippen LogP contribution >= 0.6 is 22.9 Å². The first-order valence-corrected chi connectivity index (χ1v) is 12.3. The number of ether oxygens (including phenoxy) is 1. The summed E-state index contributed by atoms with van der Waals surface area (Å²) in [5.41, 5.74) is 0.705. The molecule has 1 atom stereocenters. The van der Waals surface area contributed by atoms with Gasteiger partial charge in [-0.15, -0.1) is 11.3 Å². The van der Waals surface area contributed by atoms with Gasteiger partial charge in [-0.05, 0) is 43.5 Å². The average Bonchev–Trinajstić information content (AvgIpc) is 3.27. The highest BCUT2D eigenvalue weighted by atomic mass is 35.5. The number of hydrogen-bond donors (Lipinski definition) is 0. The van der Waals surface area contributed by atoms with E-state index in [9.17, 15) is 13.2 Å². The molecule has 1 saturated heterocycles. The quantitative estimate of drug-likeness (QED) is 0.661. The van der Waals surface area contributed by atoms with Gasteiger partial charge in [-0.25, -0.2) is 13.4 Å². The van der Waals surface area contributed by atoms with E-state index in [4.69, 9.17) is 16.3 Å². The number of aromatic nitrogens is 1. The van der Waals surface area contributed by atoms with Crippen molar-refractivity contribution in [3.63, 3.8) is 0 Å². The fourth-order valence-electron chi connectivity index (χ4n) is 3.47. The Kier molecular flexibility index (Phi) is 5.62. The average molecular weight is 441 g/mol. The van der Waals surface area contributed by atoms with Crippen LogP contribution in [0.5, 0.6) is 5.75 Å². The number of halogens is 1. The SMILES string of the molecule is O=C(Cc1csc(COc2ccc(Cl)cc2)n1)N(C1CC1)C1CCS(=O)(=O)C1. The molecule has 1 aliphatic heterocycles. The Morgan fingerprint density at radius 1 is 1.21 bits per heavy atom. The summed E-state index contributed by atoms with van der Waals surface area (Å²) in [6.07, 6.45) is 2.66. The second kappa shape index (κ2) is 8.00. The van der Waals surface area contributed by atoms with Gasteiger partial charge in [-0.2, -0.15) is 0 Å². The molecule has 1 aliphatic carbocycles. The number of thiazole rings is 1. The molecule has 28 heavy (non-hydrogen) atoms. The summed E-state index contributed by atoms with van der Waals surface area (Å²) in [4.78, 5) is 19.2. The third-order valence-corrected chi connectivity index (χ3v) is 7.81. The minimum Gasteiger partial charge on any atom is -0.486 e. The molecule has 4 rings (SSSR count). The molecule has 1 amide bonds. The molecule has 2 heterocycles. The fourth-order valence-corrected chi connectivity index (χ4v) is 6.01. The summed E-state index contributed by atoms with van der Waals surface area (Å²) >= 11 is 7.31. The monoisotopic (exact) mass is 440 g/mol. The predicted molar refractivity (Wildman–Crippen MR) is 109 cm³/mol. The third-order valence-electron chi connectivity index (χ3n) is 4.94. The fraction of sp³-hybridized carbons (Fsp3) is 0.474. The van der Waals surface area contributed by atoms with Crippen molar-refractivity contribution in [3.8, 4) is 5.75 Å². The molecule has 0 spiro atoms. The van der Waals surface area contributed by atoms with Gasteiger partial charge < -0.3 is 9.64 Å². The Hall–Kier alpha value is -1.64. The lowest BCUT2D eigenvalue weighted by Crippen LogP contribution is -2.43. The number of rotatable bonds is 7.